The summed E-state index contributed by atoms with van der Waals surface area (Å²) >= 11 is 0. The smallest absolute Gasteiger partial charge is 0.317 e. The fourth-order valence-corrected chi connectivity index (χ4v) is 1.91. The van der Waals surface area contributed by atoms with Crippen molar-refractivity contribution in [3.8, 4) is 0 Å². The molecule has 0 aliphatic heterocycles. The molecule has 116 valence electrons. The number of carbonyl (C=O) groups is 2. The van der Waals surface area contributed by atoms with E-state index in [1.165, 1.54) is 4.90 Å². The molecule has 3 N–H and O–H groups in total. The van der Waals surface area contributed by atoms with E-state index in [0.717, 1.165) is 5.56 Å². The molecule has 0 radical (unpaired) electrons. The van der Waals surface area contributed by atoms with Crippen LogP contribution < -0.4 is 5.32 Å². The predicted octanol–water partition coefficient (Wildman–Crippen LogP) is 1.30. The van der Waals surface area contributed by atoms with Gasteiger partial charge in [-0.3, -0.25) is 4.79 Å². The molecule has 0 fully saturated rings. The Morgan fingerprint density at radius 3 is 2.48 bits per heavy atom. The third-order valence-electron chi connectivity index (χ3n) is 3.22. The fourth-order valence-electron chi connectivity index (χ4n) is 1.91. The molecular formula is C15H22N2O4. The normalized spacial score (nSPS) is 11.7. The molecule has 0 aliphatic carbocycles. The maximum absolute atomic E-state index is 12.1. The summed E-state index contributed by atoms with van der Waals surface area (Å²) in [5, 5.41) is 20.6. The summed E-state index contributed by atoms with van der Waals surface area (Å²) in [5.74, 6) is -1.52. The molecule has 0 saturated carbocycles. The lowest BCUT2D eigenvalue weighted by Crippen LogP contribution is -2.43. The average molecular weight is 294 g/mol. The summed E-state index contributed by atoms with van der Waals surface area (Å²) in [6.45, 7) is 2.28. The number of carbonyl (C=O) groups excluding carboxylic acids is 1. The zero-order chi connectivity index (χ0) is 15.7. The van der Waals surface area contributed by atoms with Gasteiger partial charge in [-0.1, -0.05) is 37.3 Å². The summed E-state index contributed by atoms with van der Waals surface area (Å²) in [7, 11) is 0. The monoisotopic (exact) mass is 294 g/mol. The highest BCUT2D eigenvalue weighted by Gasteiger charge is 2.18. The van der Waals surface area contributed by atoms with Crippen LogP contribution in [0.15, 0.2) is 30.3 Å². The van der Waals surface area contributed by atoms with E-state index in [2.05, 4.69) is 5.32 Å². The highest BCUT2D eigenvalue weighted by molar-refractivity contribution is 5.76. The van der Waals surface area contributed by atoms with Gasteiger partial charge in [0.2, 0.25) is 0 Å². The SMILES string of the molecule is CCC(CNC(=O)N(CCO)Cc1ccccc1)C(=O)O. The van der Waals surface area contributed by atoms with Crippen LogP contribution >= 0.6 is 0 Å². The Bertz CT molecular complexity index is 450. The molecule has 0 saturated heterocycles. The van der Waals surface area contributed by atoms with Gasteiger partial charge in [0.15, 0.2) is 0 Å². The van der Waals surface area contributed by atoms with Crippen LogP contribution in [0.25, 0.3) is 0 Å². The summed E-state index contributed by atoms with van der Waals surface area (Å²) in [6.07, 6.45) is 0.453. The lowest BCUT2D eigenvalue weighted by atomic mass is 10.1. The van der Waals surface area contributed by atoms with Crippen LogP contribution in [0.5, 0.6) is 0 Å². The number of benzene rings is 1. The van der Waals surface area contributed by atoms with Crippen LogP contribution in [-0.4, -0.2) is 46.8 Å². The molecule has 0 aromatic heterocycles. The van der Waals surface area contributed by atoms with E-state index >= 15 is 0 Å². The molecule has 0 spiro atoms. The molecule has 0 heterocycles. The molecule has 0 aliphatic rings. The van der Waals surface area contributed by atoms with Gasteiger partial charge in [-0.25, -0.2) is 4.79 Å². The van der Waals surface area contributed by atoms with Gasteiger partial charge in [-0.05, 0) is 12.0 Å². The van der Waals surface area contributed by atoms with Crippen molar-refractivity contribution in [1.29, 1.82) is 0 Å². The highest BCUT2D eigenvalue weighted by Crippen LogP contribution is 2.05. The van der Waals surface area contributed by atoms with Gasteiger partial charge in [0.05, 0.1) is 12.5 Å². The van der Waals surface area contributed by atoms with E-state index < -0.39 is 11.9 Å². The predicted molar refractivity (Wildman–Crippen MR) is 78.8 cm³/mol. The Kier molecular flexibility index (Phi) is 7.25. The van der Waals surface area contributed by atoms with Gasteiger partial charge in [-0.15, -0.1) is 0 Å². The standard InChI is InChI=1S/C15H22N2O4/c1-2-13(14(19)20)10-16-15(21)17(8-9-18)11-12-6-4-3-5-7-12/h3-7,13,18H,2,8-11H2,1H3,(H,16,21)(H,19,20). The van der Waals surface area contributed by atoms with Crippen LogP contribution in [0.4, 0.5) is 4.79 Å². The molecule has 1 unspecified atom stereocenters. The number of hydrogen-bond donors (Lipinski definition) is 3. The molecular weight excluding hydrogens is 272 g/mol. The molecule has 6 heteroatoms. The Morgan fingerprint density at radius 1 is 1.29 bits per heavy atom. The third-order valence-corrected chi connectivity index (χ3v) is 3.22. The quantitative estimate of drug-likeness (QED) is 0.674. The van der Waals surface area contributed by atoms with E-state index in [1.54, 1.807) is 6.92 Å². The van der Waals surface area contributed by atoms with Crippen LogP contribution in [0, 0.1) is 5.92 Å². The van der Waals surface area contributed by atoms with Gasteiger partial charge in [0, 0.05) is 19.6 Å². The molecule has 21 heavy (non-hydrogen) atoms. The van der Waals surface area contributed by atoms with Gasteiger partial charge >= 0.3 is 12.0 Å². The topological polar surface area (TPSA) is 89.9 Å². The number of urea groups is 1. The second-order valence-electron chi connectivity index (χ2n) is 4.76. The largest absolute Gasteiger partial charge is 0.481 e. The number of carboxylic acids is 1. The minimum Gasteiger partial charge on any atom is -0.481 e. The number of nitrogens with one attached hydrogen (secondary N) is 1. The molecule has 1 aromatic rings. The Hall–Kier alpha value is -2.08. The maximum atomic E-state index is 12.1. The summed E-state index contributed by atoms with van der Waals surface area (Å²) in [6, 6.07) is 9.06. The van der Waals surface area contributed by atoms with Crippen LogP contribution in [0.3, 0.4) is 0 Å². The second kappa shape index (κ2) is 8.97. The van der Waals surface area contributed by atoms with Crippen molar-refractivity contribution < 1.29 is 19.8 Å². The number of amides is 2. The van der Waals surface area contributed by atoms with Crippen molar-refractivity contribution in [2.45, 2.75) is 19.9 Å². The van der Waals surface area contributed by atoms with E-state index in [-0.39, 0.29) is 25.7 Å². The first-order valence-electron chi connectivity index (χ1n) is 6.98. The maximum Gasteiger partial charge on any atom is 0.317 e. The summed E-state index contributed by atoms with van der Waals surface area (Å²) in [5.41, 5.74) is 0.950. The first kappa shape index (κ1) is 17.0. The number of aliphatic carboxylic acids is 1. The Labute approximate surface area is 124 Å². The molecule has 6 nitrogen and oxygen atoms in total. The van der Waals surface area contributed by atoms with Crippen molar-refractivity contribution in [2.75, 3.05) is 19.7 Å². The minimum atomic E-state index is -0.922. The number of nitrogens with zero attached hydrogens (tertiary/aromatic N) is 1. The zero-order valence-corrected chi connectivity index (χ0v) is 12.2. The van der Waals surface area contributed by atoms with Crippen molar-refractivity contribution >= 4 is 12.0 Å². The second-order valence-corrected chi connectivity index (χ2v) is 4.76. The molecule has 1 aromatic carbocycles. The summed E-state index contributed by atoms with van der Waals surface area (Å²) < 4.78 is 0. The first-order valence-corrected chi connectivity index (χ1v) is 6.98. The molecule has 0 bridgehead atoms. The van der Waals surface area contributed by atoms with Gasteiger partial charge in [0.25, 0.3) is 0 Å². The summed E-state index contributed by atoms with van der Waals surface area (Å²) in [4.78, 5) is 24.5. The lowest BCUT2D eigenvalue weighted by Gasteiger charge is -2.23. The first-order chi connectivity index (χ1) is 10.1. The number of hydrogen-bond acceptors (Lipinski definition) is 3. The molecule has 1 atom stereocenters. The number of aliphatic hydroxyl groups is 1. The van der Waals surface area contributed by atoms with Crippen LogP contribution in [0.1, 0.15) is 18.9 Å². The number of carboxylic acid groups (broad SMARTS) is 1. The van der Waals surface area contributed by atoms with E-state index in [9.17, 15) is 9.59 Å². The van der Waals surface area contributed by atoms with Crippen molar-refractivity contribution in [3.63, 3.8) is 0 Å². The van der Waals surface area contributed by atoms with Crippen molar-refractivity contribution in [1.82, 2.24) is 10.2 Å². The molecule has 2 amide bonds. The van der Waals surface area contributed by atoms with Gasteiger partial charge in [0.1, 0.15) is 0 Å². The minimum absolute atomic E-state index is 0.0847. The van der Waals surface area contributed by atoms with Crippen molar-refractivity contribution in [3.05, 3.63) is 35.9 Å². The van der Waals surface area contributed by atoms with E-state index in [1.807, 2.05) is 30.3 Å². The van der Waals surface area contributed by atoms with Crippen molar-refractivity contribution in [2.24, 2.45) is 5.92 Å². The fraction of sp³-hybridized carbons (Fsp3) is 0.467. The number of aliphatic hydroxyl groups excluding tert-OH is 1. The Morgan fingerprint density at radius 2 is 1.95 bits per heavy atom. The average Bonchev–Trinajstić information content (AvgIpc) is 2.48. The number of rotatable bonds is 8. The van der Waals surface area contributed by atoms with E-state index in [0.29, 0.717) is 13.0 Å². The highest BCUT2D eigenvalue weighted by atomic mass is 16.4. The van der Waals surface area contributed by atoms with Gasteiger partial charge < -0.3 is 20.4 Å². The Balaban J connectivity index is 2.59. The van der Waals surface area contributed by atoms with Gasteiger partial charge in [-0.2, -0.15) is 0 Å². The lowest BCUT2D eigenvalue weighted by molar-refractivity contribution is -0.141. The van der Waals surface area contributed by atoms with E-state index in [4.69, 9.17) is 10.2 Å². The van der Waals surface area contributed by atoms with Crippen LogP contribution in [0.2, 0.25) is 0 Å². The molecule has 1 rings (SSSR count). The zero-order valence-electron chi connectivity index (χ0n) is 12.2. The van der Waals surface area contributed by atoms with Crippen LogP contribution in [-0.2, 0) is 11.3 Å². The third kappa shape index (κ3) is 5.83.